The lowest BCUT2D eigenvalue weighted by Gasteiger charge is -2.11. The van der Waals surface area contributed by atoms with E-state index in [0.29, 0.717) is 29.0 Å². The van der Waals surface area contributed by atoms with Gasteiger partial charge in [0, 0.05) is 12.3 Å². The van der Waals surface area contributed by atoms with Crippen molar-refractivity contribution in [1.29, 1.82) is 0 Å². The SMILES string of the molecule is C=CCn1c(SCc2cccc(OCC(F)(F)F)c2)nnc1-c1ccccc1OC. The van der Waals surface area contributed by atoms with Crippen molar-refractivity contribution in [3.63, 3.8) is 0 Å². The smallest absolute Gasteiger partial charge is 0.422 e. The van der Waals surface area contributed by atoms with Crippen molar-refractivity contribution in [3.05, 3.63) is 66.7 Å². The molecular formula is C21H20F3N3O2S. The number of ether oxygens (including phenoxy) is 2. The molecule has 0 N–H and O–H groups in total. The maximum atomic E-state index is 12.4. The molecule has 2 aromatic carbocycles. The highest BCUT2D eigenvalue weighted by Gasteiger charge is 2.28. The highest BCUT2D eigenvalue weighted by atomic mass is 32.2. The molecule has 5 nitrogen and oxygen atoms in total. The van der Waals surface area contributed by atoms with E-state index in [1.165, 1.54) is 17.8 Å². The van der Waals surface area contributed by atoms with Gasteiger partial charge in [-0.25, -0.2) is 0 Å². The highest BCUT2D eigenvalue weighted by molar-refractivity contribution is 7.98. The largest absolute Gasteiger partial charge is 0.496 e. The monoisotopic (exact) mass is 435 g/mol. The summed E-state index contributed by atoms with van der Waals surface area (Å²) in [5, 5.41) is 9.26. The number of hydrogen-bond acceptors (Lipinski definition) is 5. The predicted octanol–water partition coefficient (Wildman–Crippen LogP) is 5.37. The summed E-state index contributed by atoms with van der Waals surface area (Å²) in [6, 6.07) is 14.1. The number of halogens is 3. The molecule has 30 heavy (non-hydrogen) atoms. The van der Waals surface area contributed by atoms with Gasteiger partial charge in [-0.3, -0.25) is 4.57 Å². The zero-order chi connectivity index (χ0) is 21.6. The summed E-state index contributed by atoms with van der Waals surface area (Å²) >= 11 is 1.42. The van der Waals surface area contributed by atoms with Gasteiger partial charge in [0.25, 0.3) is 0 Å². The van der Waals surface area contributed by atoms with Crippen LogP contribution in [0.15, 0.2) is 66.3 Å². The molecular weight excluding hydrogens is 415 g/mol. The van der Waals surface area contributed by atoms with Crippen LogP contribution in [0, 0.1) is 0 Å². The lowest BCUT2D eigenvalue weighted by Crippen LogP contribution is -2.19. The topological polar surface area (TPSA) is 49.2 Å². The van der Waals surface area contributed by atoms with Crippen LogP contribution in [0.25, 0.3) is 11.4 Å². The Hall–Kier alpha value is -2.94. The predicted molar refractivity (Wildman–Crippen MR) is 110 cm³/mol. The van der Waals surface area contributed by atoms with Crippen LogP contribution in [0.3, 0.4) is 0 Å². The maximum Gasteiger partial charge on any atom is 0.422 e. The highest BCUT2D eigenvalue weighted by Crippen LogP contribution is 2.32. The standard InChI is InChI=1S/C21H20F3N3O2S/c1-3-11-27-19(17-9-4-5-10-18(17)28-2)25-26-20(27)30-13-15-7-6-8-16(12-15)29-14-21(22,23)24/h3-10,12H,1,11,13-14H2,2H3. The first-order valence-corrected chi connectivity index (χ1v) is 9.98. The first-order chi connectivity index (χ1) is 14.4. The molecule has 0 unspecified atom stereocenters. The fourth-order valence-corrected chi connectivity index (χ4v) is 3.65. The van der Waals surface area contributed by atoms with E-state index in [1.54, 1.807) is 25.3 Å². The zero-order valence-corrected chi connectivity index (χ0v) is 17.0. The summed E-state index contributed by atoms with van der Waals surface area (Å²) in [4.78, 5) is 0. The summed E-state index contributed by atoms with van der Waals surface area (Å²) in [6.45, 7) is 2.98. The summed E-state index contributed by atoms with van der Waals surface area (Å²) < 4.78 is 49.2. The van der Waals surface area contributed by atoms with Crippen molar-refractivity contribution in [2.75, 3.05) is 13.7 Å². The second kappa shape index (κ2) is 9.71. The fraction of sp³-hybridized carbons (Fsp3) is 0.238. The number of thioether (sulfide) groups is 1. The van der Waals surface area contributed by atoms with Crippen LogP contribution in [0.1, 0.15) is 5.56 Å². The van der Waals surface area contributed by atoms with Crippen molar-refractivity contribution < 1.29 is 22.6 Å². The molecule has 0 radical (unpaired) electrons. The van der Waals surface area contributed by atoms with Crippen LogP contribution in [0.4, 0.5) is 13.2 Å². The molecule has 0 saturated carbocycles. The number of nitrogens with zero attached hydrogens (tertiary/aromatic N) is 3. The number of allylic oxidation sites excluding steroid dienone is 1. The van der Waals surface area contributed by atoms with Crippen LogP contribution in [-0.4, -0.2) is 34.7 Å². The van der Waals surface area contributed by atoms with Crippen LogP contribution in [0.2, 0.25) is 0 Å². The van der Waals surface area contributed by atoms with Crippen LogP contribution >= 0.6 is 11.8 Å². The van der Waals surface area contributed by atoms with Gasteiger partial charge in [0.05, 0.1) is 12.7 Å². The number of benzene rings is 2. The molecule has 0 amide bonds. The van der Waals surface area contributed by atoms with E-state index in [2.05, 4.69) is 16.8 Å². The summed E-state index contributed by atoms with van der Waals surface area (Å²) in [6.07, 6.45) is -2.63. The van der Waals surface area contributed by atoms with Crippen molar-refractivity contribution in [3.8, 4) is 22.9 Å². The summed E-state index contributed by atoms with van der Waals surface area (Å²) in [7, 11) is 1.59. The van der Waals surface area contributed by atoms with Gasteiger partial charge >= 0.3 is 6.18 Å². The Labute approximate surface area is 176 Å². The molecule has 0 atom stereocenters. The first-order valence-electron chi connectivity index (χ1n) is 9.00. The van der Waals surface area contributed by atoms with Crippen molar-refractivity contribution in [2.45, 2.75) is 23.6 Å². The third-order valence-electron chi connectivity index (χ3n) is 4.05. The fourth-order valence-electron chi connectivity index (χ4n) is 2.76. The Morgan fingerprint density at radius 2 is 1.93 bits per heavy atom. The third kappa shape index (κ3) is 5.56. The minimum absolute atomic E-state index is 0.174. The van der Waals surface area contributed by atoms with E-state index in [1.807, 2.05) is 34.9 Å². The average molecular weight is 435 g/mol. The maximum absolute atomic E-state index is 12.4. The van der Waals surface area contributed by atoms with Gasteiger partial charge in [-0.15, -0.1) is 16.8 Å². The van der Waals surface area contributed by atoms with Gasteiger partial charge in [0.1, 0.15) is 11.5 Å². The lowest BCUT2D eigenvalue weighted by atomic mass is 10.2. The molecule has 158 valence electrons. The molecule has 0 aliphatic carbocycles. The Morgan fingerprint density at radius 1 is 1.13 bits per heavy atom. The molecule has 3 rings (SSSR count). The molecule has 1 aromatic heterocycles. The zero-order valence-electron chi connectivity index (χ0n) is 16.2. The Kier molecular flexibility index (Phi) is 7.04. The van der Waals surface area contributed by atoms with E-state index in [9.17, 15) is 13.2 Å². The number of methoxy groups -OCH3 is 1. The third-order valence-corrected chi connectivity index (χ3v) is 5.08. The molecule has 0 spiro atoms. The van der Waals surface area contributed by atoms with Gasteiger partial charge in [-0.2, -0.15) is 13.2 Å². The molecule has 0 aliphatic rings. The van der Waals surface area contributed by atoms with Crippen molar-refractivity contribution in [1.82, 2.24) is 14.8 Å². The van der Waals surface area contributed by atoms with Crippen molar-refractivity contribution in [2.24, 2.45) is 0 Å². The molecule has 1 heterocycles. The minimum atomic E-state index is -4.37. The first kappa shape index (κ1) is 21.8. The quantitative estimate of drug-likeness (QED) is 0.334. The number of aromatic nitrogens is 3. The normalized spacial score (nSPS) is 11.3. The molecule has 0 aliphatic heterocycles. The van der Waals surface area contributed by atoms with Gasteiger partial charge in [0.15, 0.2) is 17.6 Å². The second-order valence-electron chi connectivity index (χ2n) is 6.25. The van der Waals surface area contributed by atoms with E-state index < -0.39 is 12.8 Å². The van der Waals surface area contributed by atoms with E-state index in [4.69, 9.17) is 9.47 Å². The minimum Gasteiger partial charge on any atom is -0.496 e. The number of para-hydroxylation sites is 1. The van der Waals surface area contributed by atoms with E-state index >= 15 is 0 Å². The average Bonchev–Trinajstić information content (AvgIpc) is 3.13. The Morgan fingerprint density at radius 3 is 2.67 bits per heavy atom. The molecule has 0 saturated heterocycles. The van der Waals surface area contributed by atoms with E-state index in [0.717, 1.165) is 11.1 Å². The summed E-state index contributed by atoms with van der Waals surface area (Å²) in [5.74, 6) is 2.00. The van der Waals surface area contributed by atoms with Gasteiger partial charge < -0.3 is 9.47 Å². The number of alkyl halides is 3. The Bertz CT molecular complexity index is 1010. The molecule has 3 aromatic rings. The molecule has 0 bridgehead atoms. The molecule has 0 fully saturated rings. The van der Waals surface area contributed by atoms with Crippen LogP contribution < -0.4 is 9.47 Å². The van der Waals surface area contributed by atoms with Crippen LogP contribution in [0.5, 0.6) is 11.5 Å². The van der Waals surface area contributed by atoms with Crippen molar-refractivity contribution >= 4 is 11.8 Å². The second-order valence-corrected chi connectivity index (χ2v) is 7.19. The van der Waals surface area contributed by atoms with Crippen LogP contribution in [-0.2, 0) is 12.3 Å². The van der Waals surface area contributed by atoms with Gasteiger partial charge in [-0.1, -0.05) is 42.1 Å². The van der Waals surface area contributed by atoms with Gasteiger partial charge in [-0.05, 0) is 29.8 Å². The molecule has 9 heteroatoms. The summed E-state index contributed by atoms with van der Waals surface area (Å²) in [5.41, 5.74) is 1.62. The number of hydrogen-bond donors (Lipinski definition) is 0. The lowest BCUT2D eigenvalue weighted by molar-refractivity contribution is -0.153. The Balaban J connectivity index is 1.78. The van der Waals surface area contributed by atoms with E-state index in [-0.39, 0.29) is 5.75 Å². The number of rotatable bonds is 9. The van der Waals surface area contributed by atoms with Gasteiger partial charge in [0.2, 0.25) is 0 Å².